The molecule has 1 atom stereocenters. The molecule has 0 fully saturated rings. The summed E-state index contributed by atoms with van der Waals surface area (Å²) in [6.07, 6.45) is 2.32. The summed E-state index contributed by atoms with van der Waals surface area (Å²) in [5.41, 5.74) is 4.45. The van der Waals surface area contributed by atoms with Gasteiger partial charge >= 0.3 is 6.03 Å². The second kappa shape index (κ2) is 7.21. The number of H-pyrrole nitrogens is 1. The van der Waals surface area contributed by atoms with Gasteiger partial charge in [0.2, 0.25) is 0 Å². The highest BCUT2D eigenvalue weighted by Crippen LogP contribution is 2.18. The SMILES string of the molecule is Cc1cc(CC(C)NC(=O)Nc2cnn(-c3ccccc3)c2C)n[nH]1. The smallest absolute Gasteiger partial charge is 0.319 e. The molecule has 0 aliphatic heterocycles. The number of nitrogens with one attached hydrogen (secondary N) is 3. The van der Waals surface area contributed by atoms with Crippen LogP contribution in [0.15, 0.2) is 42.6 Å². The summed E-state index contributed by atoms with van der Waals surface area (Å²) in [6.45, 7) is 5.82. The number of aromatic nitrogens is 4. The summed E-state index contributed by atoms with van der Waals surface area (Å²) in [4.78, 5) is 12.2. The lowest BCUT2D eigenvalue weighted by Gasteiger charge is -2.13. The topological polar surface area (TPSA) is 87.6 Å². The van der Waals surface area contributed by atoms with Gasteiger partial charge in [0.25, 0.3) is 0 Å². The Morgan fingerprint density at radius 3 is 2.72 bits per heavy atom. The summed E-state index contributed by atoms with van der Waals surface area (Å²) in [6, 6.07) is 11.5. The average Bonchev–Trinajstić information content (AvgIpc) is 3.14. The van der Waals surface area contributed by atoms with E-state index in [1.54, 1.807) is 10.9 Å². The minimum Gasteiger partial charge on any atom is -0.335 e. The molecule has 7 heteroatoms. The van der Waals surface area contributed by atoms with Crippen LogP contribution >= 0.6 is 0 Å². The molecule has 3 aromatic rings. The van der Waals surface area contributed by atoms with Gasteiger partial charge in [-0.3, -0.25) is 5.10 Å². The quantitative estimate of drug-likeness (QED) is 0.668. The van der Waals surface area contributed by atoms with Crippen LogP contribution in [0.4, 0.5) is 10.5 Å². The number of aromatic amines is 1. The van der Waals surface area contributed by atoms with Crippen LogP contribution in [0.5, 0.6) is 0 Å². The van der Waals surface area contributed by atoms with Crippen LogP contribution in [-0.2, 0) is 6.42 Å². The largest absolute Gasteiger partial charge is 0.335 e. The predicted molar refractivity (Wildman–Crippen MR) is 96.9 cm³/mol. The summed E-state index contributed by atoms with van der Waals surface area (Å²) < 4.78 is 1.80. The van der Waals surface area contributed by atoms with E-state index in [-0.39, 0.29) is 12.1 Å². The summed E-state index contributed by atoms with van der Waals surface area (Å²) in [7, 11) is 0. The van der Waals surface area contributed by atoms with Gasteiger partial charge in [-0.15, -0.1) is 0 Å². The number of para-hydroxylation sites is 1. The van der Waals surface area contributed by atoms with Crippen LogP contribution in [0.25, 0.3) is 5.69 Å². The molecule has 3 rings (SSSR count). The monoisotopic (exact) mass is 338 g/mol. The second-order valence-corrected chi connectivity index (χ2v) is 6.14. The van der Waals surface area contributed by atoms with Crippen LogP contribution < -0.4 is 10.6 Å². The minimum absolute atomic E-state index is 0.0350. The number of hydrogen-bond donors (Lipinski definition) is 3. The Kier molecular flexibility index (Phi) is 4.83. The van der Waals surface area contributed by atoms with Crippen LogP contribution in [0, 0.1) is 13.8 Å². The van der Waals surface area contributed by atoms with Crippen molar-refractivity contribution in [2.24, 2.45) is 0 Å². The van der Waals surface area contributed by atoms with Crippen molar-refractivity contribution in [2.75, 3.05) is 5.32 Å². The normalized spacial score (nSPS) is 12.0. The first-order valence-electron chi connectivity index (χ1n) is 8.21. The maximum Gasteiger partial charge on any atom is 0.319 e. The molecule has 2 amide bonds. The third-order valence-corrected chi connectivity index (χ3v) is 3.91. The number of amides is 2. The maximum absolute atomic E-state index is 12.2. The number of carbonyl (C=O) groups is 1. The van der Waals surface area contributed by atoms with Gasteiger partial charge in [0.05, 0.1) is 29.0 Å². The number of aryl methyl sites for hydroxylation is 1. The van der Waals surface area contributed by atoms with E-state index >= 15 is 0 Å². The first kappa shape index (κ1) is 16.8. The molecule has 1 aromatic carbocycles. The van der Waals surface area contributed by atoms with E-state index in [9.17, 15) is 4.79 Å². The number of carbonyl (C=O) groups excluding carboxylic acids is 1. The molecule has 0 aliphatic rings. The van der Waals surface area contributed by atoms with Crippen LogP contribution in [-0.4, -0.2) is 32.1 Å². The third kappa shape index (κ3) is 4.06. The van der Waals surface area contributed by atoms with Crippen molar-refractivity contribution < 1.29 is 4.79 Å². The molecular weight excluding hydrogens is 316 g/mol. The maximum atomic E-state index is 12.2. The zero-order chi connectivity index (χ0) is 17.8. The summed E-state index contributed by atoms with van der Waals surface area (Å²) >= 11 is 0. The molecule has 3 N–H and O–H groups in total. The number of hydrogen-bond acceptors (Lipinski definition) is 3. The van der Waals surface area contributed by atoms with E-state index in [1.807, 2.05) is 57.2 Å². The first-order chi connectivity index (χ1) is 12.0. The van der Waals surface area contributed by atoms with Gasteiger partial charge in [0.1, 0.15) is 0 Å². The molecule has 2 heterocycles. The lowest BCUT2D eigenvalue weighted by atomic mass is 10.2. The van der Waals surface area contributed by atoms with Crippen molar-refractivity contribution in [3.05, 3.63) is 59.7 Å². The molecule has 0 spiro atoms. The van der Waals surface area contributed by atoms with Crippen LogP contribution in [0.1, 0.15) is 24.0 Å². The molecule has 1 unspecified atom stereocenters. The standard InChI is InChI=1S/C18H22N6O/c1-12(9-15-10-13(2)22-23-15)20-18(25)21-17-11-19-24(14(17)3)16-7-5-4-6-8-16/h4-8,10-12H,9H2,1-3H3,(H,22,23)(H2,20,21,25). The number of anilines is 1. The van der Waals surface area contributed by atoms with Crippen molar-refractivity contribution >= 4 is 11.7 Å². The van der Waals surface area contributed by atoms with Crippen LogP contribution in [0.3, 0.4) is 0 Å². The molecule has 7 nitrogen and oxygen atoms in total. The van der Waals surface area contributed by atoms with Gasteiger partial charge in [-0.05, 0) is 39.0 Å². The fraction of sp³-hybridized carbons (Fsp3) is 0.278. The van der Waals surface area contributed by atoms with Gasteiger partial charge in [0.15, 0.2) is 0 Å². The summed E-state index contributed by atoms with van der Waals surface area (Å²) in [5.74, 6) is 0. The van der Waals surface area contributed by atoms with Crippen molar-refractivity contribution in [2.45, 2.75) is 33.2 Å². The van der Waals surface area contributed by atoms with E-state index < -0.39 is 0 Å². The molecule has 0 saturated heterocycles. The van der Waals surface area contributed by atoms with E-state index in [0.29, 0.717) is 12.1 Å². The van der Waals surface area contributed by atoms with Gasteiger partial charge in [0, 0.05) is 18.2 Å². The Labute approximate surface area is 146 Å². The average molecular weight is 338 g/mol. The van der Waals surface area contributed by atoms with Crippen molar-refractivity contribution in [1.29, 1.82) is 0 Å². The highest BCUT2D eigenvalue weighted by molar-refractivity contribution is 5.89. The molecule has 130 valence electrons. The lowest BCUT2D eigenvalue weighted by molar-refractivity contribution is 0.249. The lowest BCUT2D eigenvalue weighted by Crippen LogP contribution is -2.37. The highest BCUT2D eigenvalue weighted by Gasteiger charge is 2.13. The van der Waals surface area contributed by atoms with Crippen molar-refractivity contribution in [3.63, 3.8) is 0 Å². The zero-order valence-corrected chi connectivity index (χ0v) is 14.6. The Bertz CT molecular complexity index is 852. The van der Waals surface area contributed by atoms with Gasteiger partial charge in [-0.25, -0.2) is 9.48 Å². The van der Waals surface area contributed by atoms with E-state index in [0.717, 1.165) is 22.8 Å². The second-order valence-electron chi connectivity index (χ2n) is 6.14. The van der Waals surface area contributed by atoms with E-state index in [2.05, 4.69) is 25.9 Å². The molecule has 0 bridgehead atoms. The zero-order valence-electron chi connectivity index (χ0n) is 14.6. The van der Waals surface area contributed by atoms with E-state index in [1.165, 1.54) is 0 Å². The minimum atomic E-state index is -0.254. The third-order valence-electron chi connectivity index (χ3n) is 3.91. The number of rotatable bonds is 5. The molecule has 2 aromatic heterocycles. The highest BCUT2D eigenvalue weighted by atomic mass is 16.2. The van der Waals surface area contributed by atoms with Crippen LogP contribution in [0.2, 0.25) is 0 Å². The molecule has 0 radical (unpaired) electrons. The Morgan fingerprint density at radius 2 is 2.04 bits per heavy atom. The fourth-order valence-electron chi connectivity index (χ4n) is 2.69. The van der Waals surface area contributed by atoms with Gasteiger partial charge < -0.3 is 10.6 Å². The molecule has 0 saturated carbocycles. The molecule has 0 aliphatic carbocycles. The fourth-order valence-corrected chi connectivity index (χ4v) is 2.69. The number of urea groups is 1. The van der Waals surface area contributed by atoms with Crippen molar-refractivity contribution in [3.8, 4) is 5.69 Å². The summed E-state index contributed by atoms with van der Waals surface area (Å²) in [5, 5.41) is 17.2. The number of benzene rings is 1. The Balaban J connectivity index is 1.60. The molecule has 25 heavy (non-hydrogen) atoms. The number of nitrogens with zero attached hydrogens (tertiary/aromatic N) is 3. The van der Waals surface area contributed by atoms with Gasteiger partial charge in [-0.2, -0.15) is 10.2 Å². The van der Waals surface area contributed by atoms with Gasteiger partial charge in [-0.1, -0.05) is 18.2 Å². The predicted octanol–water partition coefficient (Wildman–Crippen LogP) is 2.96. The molecular formula is C18H22N6O. The Hall–Kier alpha value is -3.09. The Morgan fingerprint density at radius 1 is 1.28 bits per heavy atom. The first-order valence-corrected chi connectivity index (χ1v) is 8.21. The van der Waals surface area contributed by atoms with Crippen molar-refractivity contribution in [1.82, 2.24) is 25.3 Å². The van der Waals surface area contributed by atoms with E-state index in [4.69, 9.17) is 0 Å².